The van der Waals surface area contributed by atoms with Gasteiger partial charge in [0.2, 0.25) is 6.86 Å². The molecule has 0 unspecified atom stereocenters. The molecule has 0 spiro atoms. The first-order valence-corrected chi connectivity index (χ1v) is 3.92. The summed E-state index contributed by atoms with van der Waals surface area (Å²) in [5, 5.41) is 0. The molecule has 14 heavy (non-hydrogen) atoms. The van der Waals surface area contributed by atoms with Crippen LogP contribution in [-0.2, 0) is 4.74 Å². The minimum atomic E-state index is -0.794. The van der Waals surface area contributed by atoms with Gasteiger partial charge in [0.05, 0.1) is 13.4 Å². The van der Waals surface area contributed by atoms with Gasteiger partial charge < -0.3 is 10.5 Å². The number of nitrogens with two attached hydrogens (primary N) is 1. The Morgan fingerprint density at radius 3 is 2.21 bits per heavy atom. The van der Waals surface area contributed by atoms with Gasteiger partial charge in [0.15, 0.2) is 0 Å². The van der Waals surface area contributed by atoms with E-state index in [9.17, 15) is 8.78 Å². The van der Waals surface area contributed by atoms with Crippen LogP contribution >= 0.6 is 0 Å². The molecule has 0 heterocycles. The molecule has 0 aliphatic carbocycles. The first-order valence-electron chi connectivity index (χ1n) is 3.92. The monoisotopic (exact) mass is 207 g/mol. The molecule has 2 N–H and O–H groups in total. The molecule has 2 nitrogen and oxygen atoms in total. The Labute approximate surface area is 84.8 Å². The van der Waals surface area contributed by atoms with E-state index < -0.39 is 6.86 Å². The smallest absolute Gasteiger partial charge is 0.227 e. The number of alkyl halides is 2. The first-order chi connectivity index (χ1) is 6.85. The van der Waals surface area contributed by atoms with E-state index in [0.29, 0.717) is 13.7 Å². The molecule has 0 atom stereocenters. The fourth-order valence-corrected chi connectivity index (χ4v) is 0.454. The van der Waals surface area contributed by atoms with E-state index in [0.717, 1.165) is 5.57 Å². The summed E-state index contributed by atoms with van der Waals surface area (Å²) in [6.45, 7) is 7.52. The SMILES string of the molecule is C/C=C(\C=C\OCF)CN.C=C.CF. The molecule has 84 valence electrons. The molecule has 0 aromatic rings. The summed E-state index contributed by atoms with van der Waals surface area (Å²) in [4.78, 5) is 0. The van der Waals surface area contributed by atoms with Crippen molar-refractivity contribution in [1.29, 1.82) is 0 Å². The Bertz CT molecular complexity index is 147. The van der Waals surface area contributed by atoms with Crippen molar-refractivity contribution in [3.05, 3.63) is 37.1 Å². The van der Waals surface area contributed by atoms with E-state index in [4.69, 9.17) is 5.73 Å². The van der Waals surface area contributed by atoms with Gasteiger partial charge in [-0.1, -0.05) is 6.08 Å². The number of allylic oxidation sites excluding steroid dienone is 1. The average molecular weight is 207 g/mol. The van der Waals surface area contributed by atoms with E-state index in [1.807, 2.05) is 13.0 Å². The summed E-state index contributed by atoms with van der Waals surface area (Å²) in [5.41, 5.74) is 6.22. The zero-order chi connectivity index (χ0) is 11.8. The predicted molar refractivity (Wildman–Crippen MR) is 57.3 cm³/mol. The van der Waals surface area contributed by atoms with Gasteiger partial charge in [-0.3, -0.25) is 4.39 Å². The summed E-state index contributed by atoms with van der Waals surface area (Å²) in [5.74, 6) is 0. The van der Waals surface area contributed by atoms with Crippen LogP contribution in [0.4, 0.5) is 8.78 Å². The van der Waals surface area contributed by atoms with Crippen molar-refractivity contribution in [3.63, 3.8) is 0 Å². The van der Waals surface area contributed by atoms with Crippen molar-refractivity contribution in [2.45, 2.75) is 6.92 Å². The molecule has 0 aliphatic heterocycles. The van der Waals surface area contributed by atoms with Crippen LogP contribution in [0.15, 0.2) is 37.1 Å². The highest BCUT2D eigenvalue weighted by Crippen LogP contribution is 1.93. The summed E-state index contributed by atoms with van der Waals surface area (Å²) in [6, 6.07) is 0. The lowest BCUT2D eigenvalue weighted by Crippen LogP contribution is -2.00. The maximum Gasteiger partial charge on any atom is 0.227 e. The van der Waals surface area contributed by atoms with E-state index in [1.54, 1.807) is 6.08 Å². The van der Waals surface area contributed by atoms with Crippen LogP contribution in [0.25, 0.3) is 0 Å². The second-order valence-electron chi connectivity index (χ2n) is 1.65. The molecule has 0 fully saturated rings. The molecule has 0 amide bonds. The lowest BCUT2D eigenvalue weighted by atomic mass is 10.2. The van der Waals surface area contributed by atoms with Crippen LogP contribution in [0.3, 0.4) is 0 Å². The predicted octanol–water partition coefficient (Wildman–Crippen LogP) is 2.74. The fourth-order valence-electron chi connectivity index (χ4n) is 0.454. The summed E-state index contributed by atoms with van der Waals surface area (Å²) in [7, 11) is 0.500. The van der Waals surface area contributed by atoms with Crippen molar-refractivity contribution >= 4 is 0 Å². The molecule has 4 heteroatoms. The molecule has 0 aliphatic rings. The topological polar surface area (TPSA) is 35.2 Å². The van der Waals surface area contributed by atoms with Gasteiger partial charge in [-0.25, -0.2) is 4.39 Å². The third-order valence-corrected chi connectivity index (χ3v) is 1.05. The van der Waals surface area contributed by atoms with Gasteiger partial charge in [-0.2, -0.15) is 0 Å². The van der Waals surface area contributed by atoms with Gasteiger partial charge in [-0.15, -0.1) is 13.2 Å². The molecule has 0 saturated heterocycles. The lowest BCUT2D eigenvalue weighted by molar-refractivity contribution is 0.141. The Kier molecular flexibility index (Phi) is 30.1. The highest BCUT2D eigenvalue weighted by Gasteiger charge is 1.83. The molecular formula is C10H19F2NO. The Hall–Kier alpha value is -1.16. The highest BCUT2D eigenvalue weighted by molar-refractivity contribution is 5.17. The molecule has 0 radical (unpaired) electrons. The lowest BCUT2D eigenvalue weighted by Gasteiger charge is -1.93. The maximum absolute atomic E-state index is 11.3. The highest BCUT2D eigenvalue weighted by atomic mass is 19.1. The van der Waals surface area contributed by atoms with E-state index in [2.05, 4.69) is 17.9 Å². The fraction of sp³-hybridized carbons (Fsp3) is 0.400. The van der Waals surface area contributed by atoms with Crippen molar-refractivity contribution in [1.82, 2.24) is 0 Å². The van der Waals surface area contributed by atoms with Crippen LogP contribution in [0.1, 0.15) is 6.92 Å². The van der Waals surface area contributed by atoms with Crippen molar-refractivity contribution in [2.75, 3.05) is 20.6 Å². The zero-order valence-corrected chi connectivity index (χ0v) is 8.80. The molecule has 0 aromatic carbocycles. The van der Waals surface area contributed by atoms with Crippen LogP contribution < -0.4 is 5.73 Å². The Morgan fingerprint density at radius 1 is 1.43 bits per heavy atom. The number of hydrogen-bond donors (Lipinski definition) is 1. The van der Waals surface area contributed by atoms with Crippen molar-refractivity contribution < 1.29 is 13.5 Å². The third-order valence-electron chi connectivity index (χ3n) is 1.05. The summed E-state index contributed by atoms with van der Waals surface area (Å²) >= 11 is 0. The minimum Gasteiger partial charge on any atom is -0.471 e. The van der Waals surface area contributed by atoms with E-state index in [-0.39, 0.29) is 0 Å². The van der Waals surface area contributed by atoms with E-state index in [1.165, 1.54) is 6.26 Å². The van der Waals surface area contributed by atoms with Gasteiger partial charge in [-0.05, 0) is 18.6 Å². The zero-order valence-electron chi connectivity index (χ0n) is 8.80. The van der Waals surface area contributed by atoms with Crippen LogP contribution in [0.2, 0.25) is 0 Å². The van der Waals surface area contributed by atoms with Gasteiger partial charge in [0, 0.05) is 6.54 Å². The van der Waals surface area contributed by atoms with Gasteiger partial charge in [0.25, 0.3) is 0 Å². The minimum absolute atomic E-state index is 0.447. The van der Waals surface area contributed by atoms with Crippen LogP contribution in [-0.4, -0.2) is 20.6 Å². The quantitative estimate of drug-likeness (QED) is 0.437. The van der Waals surface area contributed by atoms with Gasteiger partial charge in [0.1, 0.15) is 0 Å². The van der Waals surface area contributed by atoms with E-state index >= 15 is 0 Å². The summed E-state index contributed by atoms with van der Waals surface area (Å²) in [6.07, 6.45) is 4.78. The maximum atomic E-state index is 11.3. The molecule has 0 bridgehead atoms. The Morgan fingerprint density at radius 2 is 1.93 bits per heavy atom. The molecule has 0 rings (SSSR count). The summed E-state index contributed by atoms with van der Waals surface area (Å²) < 4.78 is 25.2. The second kappa shape index (κ2) is 22.6. The Balaban J connectivity index is -0.000000266. The van der Waals surface area contributed by atoms with Crippen LogP contribution in [0, 0.1) is 0 Å². The van der Waals surface area contributed by atoms with Gasteiger partial charge >= 0.3 is 0 Å². The molecule has 0 aromatic heterocycles. The number of ether oxygens (including phenoxy) is 1. The first kappa shape index (κ1) is 18.6. The average Bonchev–Trinajstić information content (AvgIpc) is 2.30. The van der Waals surface area contributed by atoms with Crippen molar-refractivity contribution in [3.8, 4) is 0 Å². The third kappa shape index (κ3) is 17.1. The van der Waals surface area contributed by atoms with Crippen LogP contribution in [0.5, 0.6) is 0 Å². The number of halogens is 2. The molecular weight excluding hydrogens is 188 g/mol. The molecule has 0 saturated carbocycles. The largest absolute Gasteiger partial charge is 0.471 e. The number of rotatable bonds is 4. The second-order valence-corrected chi connectivity index (χ2v) is 1.65. The number of hydrogen-bond acceptors (Lipinski definition) is 2. The standard InChI is InChI=1S/C7H12FNO.C2H4.CH3F/c1-2-7(5-9)3-4-10-6-8;2*1-2/h2-4H,5-6,9H2,1H3;1-2H2;1H3/b4-3+,7-2+;;. The normalized spacial score (nSPS) is 9.64. The van der Waals surface area contributed by atoms with Crippen molar-refractivity contribution in [2.24, 2.45) is 5.73 Å².